The zero-order valence-electron chi connectivity index (χ0n) is 13.2. The lowest BCUT2D eigenvalue weighted by Crippen LogP contribution is -2.14. The Morgan fingerprint density at radius 2 is 2.09 bits per heavy atom. The van der Waals surface area contributed by atoms with Crippen LogP contribution in [0, 0.1) is 11.8 Å². The fraction of sp³-hybridized carbons (Fsp3) is 0.211. The van der Waals surface area contributed by atoms with Gasteiger partial charge < -0.3 is 15.8 Å². The van der Waals surface area contributed by atoms with Gasteiger partial charge in [0.15, 0.2) is 0 Å². The van der Waals surface area contributed by atoms with E-state index in [1.807, 2.05) is 36.5 Å². The van der Waals surface area contributed by atoms with Crippen LogP contribution in [0.3, 0.4) is 0 Å². The van der Waals surface area contributed by atoms with Gasteiger partial charge in [-0.1, -0.05) is 24.0 Å². The standard InChI is InChI=1S/C19H19N3O/c1-19(2,23)8-5-13-11-14(3-4-15(13)12-20)16-6-9-21-18-17(16)7-10-22-18/h3-4,6-7,9-11,23H,12,20H2,1-2H3,(H,21,22). The fourth-order valence-electron chi connectivity index (χ4n) is 2.47. The van der Waals surface area contributed by atoms with Crippen molar-refractivity contribution in [3.8, 4) is 23.0 Å². The minimum Gasteiger partial charge on any atom is -0.378 e. The van der Waals surface area contributed by atoms with Crippen molar-refractivity contribution in [3.63, 3.8) is 0 Å². The summed E-state index contributed by atoms with van der Waals surface area (Å²) in [4.78, 5) is 7.44. The first-order valence-corrected chi connectivity index (χ1v) is 7.49. The molecule has 1 aromatic carbocycles. The number of H-pyrrole nitrogens is 1. The number of aromatic amines is 1. The van der Waals surface area contributed by atoms with Gasteiger partial charge in [-0.3, -0.25) is 0 Å². The highest BCUT2D eigenvalue weighted by Crippen LogP contribution is 2.28. The quantitative estimate of drug-likeness (QED) is 0.637. The third kappa shape index (κ3) is 3.26. The van der Waals surface area contributed by atoms with E-state index in [9.17, 15) is 5.11 Å². The average molecular weight is 305 g/mol. The highest BCUT2D eigenvalue weighted by atomic mass is 16.3. The Bertz CT molecular complexity index is 907. The molecule has 0 aliphatic heterocycles. The molecular formula is C19H19N3O. The Morgan fingerprint density at radius 3 is 2.83 bits per heavy atom. The van der Waals surface area contributed by atoms with Crippen molar-refractivity contribution >= 4 is 11.0 Å². The molecule has 0 amide bonds. The average Bonchev–Trinajstić information content (AvgIpc) is 3.00. The lowest BCUT2D eigenvalue weighted by molar-refractivity contribution is 0.143. The molecule has 2 heterocycles. The van der Waals surface area contributed by atoms with Crippen LogP contribution in [0.4, 0.5) is 0 Å². The lowest BCUT2D eigenvalue weighted by atomic mass is 9.97. The SMILES string of the molecule is CC(C)(O)C#Cc1cc(-c2ccnc3[nH]ccc23)ccc1CN. The van der Waals surface area contributed by atoms with E-state index < -0.39 is 5.60 Å². The first kappa shape index (κ1) is 15.3. The zero-order chi connectivity index (χ0) is 16.4. The van der Waals surface area contributed by atoms with E-state index in [2.05, 4.69) is 21.8 Å². The normalized spacial score (nSPS) is 11.3. The van der Waals surface area contributed by atoms with Crippen molar-refractivity contribution in [1.82, 2.24) is 9.97 Å². The number of hydrogen-bond donors (Lipinski definition) is 3. The van der Waals surface area contributed by atoms with Crippen LogP contribution in [-0.2, 0) is 6.54 Å². The summed E-state index contributed by atoms with van der Waals surface area (Å²) >= 11 is 0. The molecule has 0 fully saturated rings. The summed E-state index contributed by atoms with van der Waals surface area (Å²) < 4.78 is 0. The second kappa shape index (κ2) is 5.88. The number of aliphatic hydroxyl groups is 1. The summed E-state index contributed by atoms with van der Waals surface area (Å²) in [7, 11) is 0. The number of nitrogens with two attached hydrogens (primary N) is 1. The van der Waals surface area contributed by atoms with Crippen LogP contribution in [0.1, 0.15) is 25.0 Å². The van der Waals surface area contributed by atoms with Gasteiger partial charge in [-0.05, 0) is 48.7 Å². The molecule has 0 saturated carbocycles. The molecule has 0 atom stereocenters. The predicted octanol–water partition coefficient (Wildman–Crippen LogP) is 2.81. The maximum Gasteiger partial charge on any atom is 0.137 e. The monoisotopic (exact) mass is 305 g/mol. The number of aromatic nitrogens is 2. The number of nitrogens with zero attached hydrogens (tertiary/aromatic N) is 1. The topological polar surface area (TPSA) is 74.9 Å². The van der Waals surface area contributed by atoms with Crippen molar-refractivity contribution < 1.29 is 5.11 Å². The Balaban J connectivity index is 2.14. The second-order valence-corrected chi connectivity index (χ2v) is 5.98. The van der Waals surface area contributed by atoms with Crippen LogP contribution in [0.2, 0.25) is 0 Å². The Kier molecular flexibility index (Phi) is 3.91. The van der Waals surface area contributed by atoms with Gasteiger partial charge in [-0.15, -0.1) is 0 Å². The molecule has 0 saturated heterocycles. The number of rotatable bonds is 2. The molecule has 0 spiro atoms. The van der Waals surface area contributed by atoms with Gasteiger partial charge >= 0.3 is 0 Å². The van der Waals surface area contributed by atoms with Gasteiger partial charge in [-0.2, -0.15) is 0 Å². The largest absolute Gasteiger partial charge is 0.378 e. The van der Waals surface area contributed by atoms with Gasteiger partial charge in [0.1, 0.15) is 11.2 Å². The van der Waals surface area contributed by atoms with Crippen LogP contribution in [0.5, 0.6) is 0 Å². The van der Waals surface area contributed by atoms with Crippen molar-refractivity contribution in [2.75, 3.05) is 0 Å². The Hall–Kier alpha value is -2.61. The van der Waals surface area contributed by atoms with Gasteiger partial charge in [0.25, 0.3) is 0 Å². The van der Waals surface area contributed by atoms with Gasteiger partial charge in [-0.25, -0.2) is 4.98 Å². The maximum absolute atomic E-state index is 9.83. The van der Waals surface area contributed by atoms with E-state index in [4.69, 9.17) is 5.73 Å². The molecule has 116 valence electrons. The van der Waals surface area contributed by atoms with Crippen molar-refractivity contribution in [2.45, 2.75) is 26.0 Å². The molecule has 0 unspecified atom stereocenters. The Labute approximate surface area is 135 Å². The van der Waals surface area contributed by atoms with Crippen LogP contribution in [0.15, 0.2) is 42.7 Å². The number of benzene rings is 1. The summed E-state index contributed by atoms with van der Waals surface area (Å²) in [6.07, 6.45) is 3.66. The molecule has 0 radical (unpaired) electrons. The summed E-state index contributed by atoms with van der Waals surface area (Å²) in [5, 5.41) is 10.9. The zero-order valence-corrected chi connectivity index (χ0v) is 13.2. The van der Waals surface area contributed by atoms with Crippen molar-refractivity contribution in [3.05, 3.63) is 53.9 Å². The van der Waals surface area contributed by atoms with E-state index in [1.54, 1.807) is 20.0 Å². The number of nitrogens with one attached hydrogen (secondary N) is 1. The minimum atomic E-state index is -1.04. The molecule has 2 aromatic heterocycles. The molecule has 23 heavy (non-hydrogen) atoms. The fourth-order valence-corrected chi connectivity index (χ4v) is 2.47. The molecule has 0 aliphatic carbocycles. The van der Waals surface area contributed by atoms with E-state index in [0.717, 1.165) is 33.3 Å². The number of fused-ring (bicyclic) bond motifs is 1. The van der Waals surface area contributed by atoms with E-state index in [1.165, 1.54) is 0 Å². The molecule has 4 heteroatoms. The van der Waals surface area contributed by atoms with Crippen molar-refractivity contribution in [1.29, 1.82) is 0 Å². The highest BCUT2D eigenvalue weighted by Gasteiger charge is 2.09. The van der Waals surface area contributed by atoms with E-state index in [-0.39, 0.29) is 0 Å². The second-order valence-electron chi connectivity index (χ2n) is 5.98. The van der Waals surface area contributed by atoms with Crippen LogP contribution in [-0.4, -0.2) is 20.7 Å². The smallest absolute Gasteiger partial charge is 0.137 e. The molecule has 0 aliphatic rings. The van der Waals surface area contributed by atoms with Crippen LogP contribution < -0.4 is 5.73 Å². The summed E-state index contributed by atoms with van der Waals surface area (Å²) in [6, 6.07) is 10.0. The van der Waals surface area contributed by atoms with Crippen LogP contribution >= 0.6 is 0 Å². The molecule has 4 nitrogen and oxygen atoms in total. The number of pyridine rings is 1. The first-order valence-electron chi connectivity index (χ1n) is 7.49. The summed E-state index contributed by atoms with van der Waals surface area (Å²) in [5.41, 5.74) is 9.57. The molecular weight excluding hydrogens is 286 g/mol. The van der Waals surface area contributed by atoms with Gasteiger partial charge in [0.05, 0.1) is 0 Å². The number of hydrogen-bond acceptors (Lipinski definition) is 3. The molecule has 3 rings (SSSR count). The van der Waals surface area contributed by atoms with Crippen LogP contribution in [0.25, 0.3) is 22.2 Å². The maximum atomic E-state index is 9.83. The third-order valence-corrected chi connectivity index (χ3v) is 3.60. The van der Waals surface area contributed by atoms with Crippen molar-refractivity contribution in [2.24, 2.45) is 5.73 Å². The lowest BCUT2D eigenvalue weighted by Gasteiger charge is -2.09. The molecule has 0 bridgehead atoms. The van der Waals surface area contributed by atoms with E-state index >= 15 is 0 Å². The molecule has 4 N–H and O–H groups in total. The van der Waals surface area contributed by atoms with E-state index in [0.29, 0.717) is 6.54 Å². The summed E-state index contributed by atoms with van der Waals surface area (Å²) in [5.74, 6) is 5.91. The summed E-state index contributed by atoms with van der Waals surface area (Å²) in [6.45, 7) is 3.74. The highest BCUT2D eigenvalue weighted by molar-refractivity contribution is 5.93. The minimum absolute atomic E-state index is 0.409. The molecule has 3 aromatic rings. The van der Waals surface area contributed by atoms with Gasteiger partial charge in [0, 0.05) is 29.9 Å². The Morgan fingerprint density at radius 1 is 1.26 bits per heavy atom. The third-order valence-electron chi connectivity index (χ3n) is 3.60. The first-order chi connectivity index (χ1) is 11.0. The predicted molar refractivity (Wildman–Crippen MR) is 92.6 cm³/mol. The van der Waals surface area contributed by atoms with Gasteiger partial charge in [0.2, 0.25) is 0 Å².